The van der Waals surface area contributed by atoms with Gasteiger partial charge in [-0.05, 0) is 69.8 Å². The van der Waals surface area contributed by atoms with Crippen molar-refractivity contribution in [1.29, 1.82) is 0 Å². The predicted molar refractivity (Wildman–Crippen MR) is 129 cm³/mol. The number of phenolic OH excluding ortho intramolecular Hbond substituents is 1. The lowest BCUT2D eigenvalue weighted by atomic mass is 9.96. The quantitative estimate of drug-likeness (QED) is 0.603. The fraction of sp³-hybridized carbons (Fsp3) is 0.692. The molecule has 1 N–H and O–H groups in total. The fourth-order valence-corrected chi connectivity index (χ4v) is 5.21. The molecule has 0 unspecified atom stereocenters. The van der Waals surface area contributed by atoms with Crippen LogP contribution >= 0.6 is 0 Å². The van der Waals surface area contributed by atoms with E-state index in [1.54, 1.807) is 0 Å². The topological polar surface area (TPSA) is 73.3 Å². The molecule has 3 rings (SSSR count). The first-order valence-electron chi connectivity index (χ1n) is 12.5. The molecule has 2 aliphatic heterocycles. The Balaban J connectivity index is 1.40. The van der Waals surface area contributed by atoms with Crippen LogP contribution < -0.4 is 0 Å². The van der Waals surface area contributed by atoms with Crippen molar-refractivity contribution in [3.05, 3.63) is 28.8 Å². The number of esters is 1. The number of carbonyl (C=O) groups is 2. The minimum Gasteiger partial charge on any atom is -0.507 e. The molecule has 184 valence electrons. The summed E-state index contributed by atoms with van der Waals surface area (Å²) >= 11 is 0. The highest BCUT2D eigenvalue weighted by Gasteiger charge is 2.30. The molecule has 2 fully saturated rings. The van der Waals surface area contributed by atoms with Crippen molar-refractivity contribution in [3.8, 4) is 5.75 Å². The van der Waals surface area contributed by atoms with Gasteiger partial charge in [0.15, 0.2) is 0 Å². The molecule has 1 amide bonds. The number of nitrogens with zero attached hydrogens (tertiary/aromatic N) is 3. The molecule has 1 aromatic carbocycles. The maximum atomic E-state index is 13.1. The summed E-state index contributed by atoms with van der Waals surface area (Å²) < 4.78 is 5.03. The Morgan fingerprint density at radius 1 is 1.06 bits per heavy atom. The van der Waals surface area contributed by atoms with E-state index in [-0.39, 0.29) is 17.8 Å². The SMILES string of the molecule is CCOC(=O)CCN1CCC(N2CCN(C(=O)[C@H](C)Cc3cc(C)c(O)c(C)c3)CC2)CC1. The molecule has 2 aliphatic rings. The van der Waals surface area contributed by atoms with Gasteiger partial charge in [0.05, 0.1) is 13.0 Å². The van der Waals surface area contributed by atoms with Gasteiger partial charge in [0, 0.05) is 44.7 Å². The Bertz CT molecular complexity index is 789. The minimum absolute atomic E-state index is 0.0671. The summed E-state index contributed by atoms with van der Waals surface area (Å²) in [7, 11) is 0. The van der Waals surface area contributed by atoms with Gasteiger partial charge in [0.2, 0.25) is 5.91 Å². The van der Waals surface area contributed by atoms with Crippen LogP contribution in [0.3, 0.4) is 0 Å². The molecule has 2 heterocycles. The third-order valence-electron chi connectivity index (χ3n) is 7.15. The van der Waals surface area contributed by atoms with Crippen LogP contribution in [0.5, 0.6) is 5.75 Å². The minimum atomic E-state index is -0.106. The maximum Gasteiger partial charge on any atom is 0.307 e. The predicted octanol–water partition coefficient (Wildman–Crippen LogP) is 2.75. The standard InChI is InChI=1S/C26H41N3O4/c1-5-33-24(30)8-11-27-9-6-23(7-10-27)28-12-14-29(15-13-28)26(32)21(4)18-22-16-19(2)25(31)20(3)17-22/h16-17,21,23,31H,5-15,18H2,1-4H3/t21-/m1/s1. The zero-order valence-electron chi connectivity index (χ0n) is 20.8. The van der Waals surface area contributed by atoms with E-state index < -0.39 is 0 Å². The van der Waals surface area contributed by atoms with Crippen LogP contribution in [0.1, 0.15) is 49.8 Å². The van der Waals surface area contributed by atoms with Crippen LogP contribution in [0.25, 0.3) is 0 Å². The largest absolute Gasteiger partial charge is 0.507 e. The number of phenols is 1. The van der Waals surface area contributed by atoms with Crippen molar-refractivity contribution in [2.24, 2.45) is 5.92 Å². The number of piperazine rings is 1. The van der Waals surface area contributed by atoms with Gasteiger partial charge in [0.25, 0.3) is 0 Å². The summed E-state index contributed by atoms with van der Waals surface area (Å²) in [6.45, 7) is 14.4. The average Bonchev–Trinajstić information content (AvgIpc) is 2.81. The summed E-state index contributed by atoms with van der Waals surface area (Å²) in [5.41, 5.74) is 2.84. The Morgan fingerprint density at radius 3 is 2.24 bits per heavy atom. The van der Waals surface area contributed by atoms with Gasteiger partial charge in [-0.1, -0.05) is 19.1 Å². The number of carbonyl (C=O) groups excluding carboxylic acids is 2. The number of likely N-dealkylation sites (tertiary alicyclic amines) is 1. The van der Waals surface area contributed by atoms with Crippen molar-refractivity contribution >= 4 is 11.9 Å². The molecular formula is C26H41N3O4. The third kappa shape index (κ3) is 6.93. The van der Waals surface area contributed by atoms with E-state index in [9.17, 15) is 14.7 Å². The molecule has 0 bridgehead atoms. The molecule has 7 heteroatoms. The zero-order valence-corrected chi connectivity index (χ0v) is 20.8. The summed E-state index contributed by atoms with van der Waals surface area (Å²) in [6.07, 6.45) is 3.41. The van der Waals surface area contributed by atoms with Gasteiger partial charge >= 0.3 is 5.97 Å². The lowest BCUT2D eigenvalue weighted by Crippen LogP contribution is -2.55. The van der Waals surface area contributed by atoms with Crippen molar-refractivity contribution in [1.82, 2.24) is 14.7 Å². The Morgan fingerprint density at radius 2 is 1.67 bits per heavy atom. The van der Waals surface area contributed by atoms with Gasteiger partial charge in [-0.2, -0.15) is 0 Å². The zero-order chi connectivity index (χ0) is 24.0. The molecule has 33 heavy (non-hydrogen) atoms. The summed E-state index contributed by atoms with van der Waals surface area (Å²) in [6, 6.07) is 4.55. The van der Waals surface area contributed by atoms with Gasteiger partial charge in [0.1, 0.15) is 5.75 Å². The molecule has 0 aliphatic carbocycles. The second kappa shape index (κ2) is 11.8. The van der Waals surface area contributed by atoms with Crippen molar-refractivity contribution in [3.63, 3.8) is 0 Å². The number of aryl methyl sites for hydroxylation is 2. The lowest BCUT2D eigenvalue weighted by Gasteiger charge is -2.43. The number of rotatable bonds is 8. The molecular weight excluding hydrogens is 418 g/mol. The van der Waals surface area contributed by atoms with Crippen molar-refractivity contribution in [2.45, 2.75) is 59.4 Å². The van der Waals surface area contributed by atoms with Crippen LogP contribution in [0.2, 0.25) is 0 Å². The van der Waals surface area contributed by atoms with Gasteiger partial charge in [-0.15, -0.1) is 0 Å². The van der Waals surface area contributed by atoms with Gasteiger partial charge < -0.3 is 19.6 Å². The Hall–Kier alpha value is -2.12. The highest BCUT2D eigenvalue weighted by molar-refractivity contribution is 5.79. The van der Waals surface area contributed by atoms with E-state index in [1.165, 1.54) is 0 Å². The third-order valence-corrected chi connectivity index (χ3v) is 7.15. The first-order chi connectivity index (χ1) is 15.8. The van der Waals surface area contributed by atoms with E-state index in [4.69, 9.17) is 4.74 Å². The number of hydrogen-bond acceptors (Lipinski definition) is 6. The fourth-order valence-electron chi connectivity index (χ4n) is 5.21. The van der Waals surface area contributed by atoms with E-state index in [1.807, 2.05) is 44.7 Å². The molecule has 7 nitrogen and oxygen atoms in total. The van der Waals surface area contributed by atoms with Crippen LogP contribution in [-0.4, -0.2) is 90.1 Å². The molecule has 0 spiro atoms. The van der Waals surface area contributed by atoms with Crippen molar-refractivity contribution in [2.75, 3.05) is 52.4 Å². The molecule has 1 atom stereocenters. The molecule has 2 saturated heterocycles. The van der Waals surface area contributed by atoms with E-state index in [0.29, 0.717) is 31.2 Å². The average molecular weight is 460 g/mol. The summed E-state index contributed by atoms with van der Waals surface area (Å²) in [5, 5.41) is 9.99. The van der Waals surface area contributed by atoms with Gasteiger partial charge in [-0.25, -0.2) is 0 Å². The molecule has 1 aromatic rings. The monoisotopic (exact) mass is 459 g/mol. The number of hydrogen-bond donors (Lipinski definition) is 1. The van der Waals surface area contributed by atoms with E-state index in [2.05, 4.69) is 9.80 Å². The second-order valence-electron chi connectivity index (χ2n) is 9.67. The highest BCUT2D eigenvalue weighted by Crippen LogP contribution is 2.25. The normalized spacial score (nSPS) is 19.5. The number of amides is 1. The Kier molecular flexibility index (Phi) is 9.15. The Labute approximate surface area is 198 Å². The van der Waals surface area contributed by atoms with Crippen LogP contribution in [0.4, 0.5) is 0 Å². The van der Waals surface area contributed by atoms with Crippen LogP contribution in [0.15, 0.2) is 12.1 Å². The number of ether oxygens (including phenoxy) is 1. The van der Waals surface area contributed by atoms with E-state index in [0.717, 1.165) is 75.3 Å². The van der Waals surface area contributed by atoms with Crippen LogP contribution in [-0.2, 0) is 20.7 Å². The molecule has 0 radical (unpaired) electrons. The highest BCUT2D eigenvalue weighted by atomic mass is 16.5. The summed E-state index contributed by atoms with van der Waals surface area (Å²) in [5.74, 6) is 0.401. The molecule has 0 aromatic heterocycles. The second-order valence-corrected chi connectivity index (χ2v) is 9.67. The first kappa shape index (κ1) is 25.5. The lowest BCUT2D eigenvalue weighted by molar-refractivity contribution is -0.143. The molecule has 0 saturated carbocycles. The van der Waals surface area contributed by atoms with Gasteiger partial charge in [-0.3, -0.25) is 14.5 Å². The van der Waals surface area contributed by atoms with Crippen LogP contribution in [0, 0.1) is 19.8 Å². The number of aromatic hydroxyl groups is 1. The number of piperidine rings is 1. The summed E-state index contributed by atoms with van der Waals surface area (Å²) in [4.78, 5) is 31.6. The maximum absolute atomic E-state index is 13.1. The number of benzene rings is 1. The smallest absolute Gasteiger partial charge is 0.307 e. The first-order valence-corrected chi connectivity index (χ1v) is 12.5. The van der Waals surface area contributed by atoms with Crippen molar-refractivity contribution < 1.29 is 19.4 Å². The van der Waals surface area contributed by atoms with E-state index >= 15 is 0 Å².